The van der Waals surface area contributed by atoms with Crippen LogP contribution in [-0.4, -0.2) is 56.4 Å². The van der Waals surface area contributed by atoms with Gasteiger partial charge in [-0.05, 0) is 33.9 Å². The van der Waals surface area contributed by atoms with Crippen LogP contribution in [0.3, 0.4) is 0 Å². The van der Waals surface area contributed by atoms with E-state index in [0.717, 1.165) is 30.9 Å². The van der Waals surface area contributed by atoms with Gasteiger partial charge in [0.25, 0.3) is 0 Å². The zero-order chi connectivity index (χ0) is 19.0. The van der Waals surface area contributed by atoms with Crippen molar-refractivity contribution < 1.29 is 4.74 Å². The van der Waals surface area contributed by atoms with Crippen molar-refractivity contribution in [2.45, 2.75) is 26.3 Å². The van der Waals surface area contributed by atoms with Gasteiger partial charge < -0.3 is 19.9 Å². The van der Waals surface area contributed by atoms with E-state index in [0.29, 0.717) is 41.1 Å². The minimum absolute atomic E-state index is 0.384. The third kappa shape index (κ3) is 3.08. The molecular formula is C18H22N8O. The van der Waals surface area contributed by atoms with Crippen molar-refractivity contribution in [3.63, 3.8) is 0 Å². The molecular weight excluding hydrogens is 344 g/mol. The molecule has 9 nitrogen and oxygen atoms in total. The van der Waals surface area contributed by atoms with Gasteiger partial charge in [0, 0.05) is 12.7 Å². The van der Waals surface area contributed by atoms with Gasteiger partial charge in [0.15, 0.2) is 0 Å². The van der Waals surface area contributed by atoms with Crippen LogP contribution < -0.4 is 10.1 Å². The van der Waals surface area contributed by atoms with E-state index in [1.807, 2.05) is 13.8 Å². The normalized spacial score (nSPS) is 17.3. The Morgan fingerprint density at radius 3 is 3.00 bits per heavy atom. The first kappa shape index (κ1) is 17.3. The molecule has 3 aromatic heterocycles. The van der Waals surface area contributed by atoms with Gasteiger partial charge in [-0.3, -0.25) is 4.68 Å². The summed E-state index contributed by atoms with van der Waals surface area (Å²) < 4.78 is 7.70. The molecule has 0 saturated carbocycles. The molecule has 2 N–H and O–H groups in total. The maximum absolute atomic E-state index is 9.27. The van der Waals surface area contributed by atoms with Crippen molar-refractivity contribution in [3.8, 4) is 11.9 Å². The fraction of sp³-hybridized carbons (Fsp3) is 0.444. The first-order chi connectivity index (χ1) is 13.1. The van der Waals surface area contributed by atoms with Crippen LogP contribution in [0.25, 0.3) is 11.0 Å². The van der Waals surface area contributed by atoms with Crippen molar-refractivity contribution in [1.29, 1.82) is 5.26 Å². The molecule has 27 heavy (non-hydrogen) atoms. The van der Waals surface area contributed by atoms with Crippen LogP contribution in [0.5, 0.6) is 5.88 Å². The summed E-state index contributed by atoms with van der Waals surface area (Å²) in [6, 6.07) is 2.52. The Bertz CT molecular complexity index is 1010. The number of hydrogen-bond donors (Lipinski definition) is 2. The van der Waals surface area contributed by atoms with Crippen molar-refractivity contribution in [1.82, 2.24) is 29.6 Å². The number of nitrogens with one attached hydrogen (secondary N) is 2. The Labute approximate surface area is 157 Å². The average Bonchev–Trinajstić information content (AvgIpc) is 3.35. The highest BCUT2D eigenvalue weighted by atomic mass is 16.5. The molecule has 0 aliphatic carbocycles. The Morgan fingerprint density at radius 1 is 1.44 bits per heavy atom. The van der Waals surface area contributed by atoms with Gasteiger partial charge in [-0.2, -0.15) is 20.3 Å². The highest BCUT2D eigenvalue weighted by Gasteiger charge is 2.24. The lowest BCUT2D eigenvalue weighted by Crippen LogP contribution is -2.18. The van der Waals surface area contributed by atoms with Crippen LogP contribution in [0.2, 0.25) is 0 Å². The van der Waals surface area contributed by atoms with Gasteiger partial charge in [0.1, 0.15) is 11.7 Å². The topological polar surface area (TPSA) is 108 Å². The Balaban J connectivity index is 1.66. The zero-order valence-corrected chi connectivity index (χ0v) is 15.7. The lowest BCUT2D eigenvalue weighted by Gasteiger charge is -2.14. The predicted molar refractivity (Wildman–Crippen MR) is 101 cm³/mol. The van der Waals surface area contributed by atoms with Crippen LogP contribution in [0, 0.1) is 18.3 Å². The molecule has 0 aromatic carbocycles. The van der Waals surface area contributed by atoms with Crippen molar-refractivity contribution in [2.75, 3.05) is 32.1 Å². The number of fused-ring (bicyclic) bond motifs is 1. The number of ether oxygens (including phenoxy) is 1. The van der Waals surface area contributed by atoms with Gasteiger partial charge >= 0.3 is 0 Å². The molecule has 4 rings (SSSR count). The van der Waals surface area contributed by atoms with E-state index < -0.39 is 0 Å². The van der Waals surface area contributed by atoms with E-state index in [-0.39, 0.29) is 0 Å². The number of nitrogens with zero attached hydrogens (tertiary/aromatic N) is 6. The second kappa shape index (κ2) is 6.89. The van der Waals surface area contributed by atoms with Gasteiger partial charge in [-0.15, -0.1) is 0 Å². The number of likely N-dealkylation sites (N-methyl/N-ethyl adjacent to an activating group) is 1. The van der Waals surface area contributed by atoms with Crippen molar-refractivity contribution in [3.05, 3.63) is 23.7 Å². The number of hydrogen-bond acceptors (Lipinski definition) is 7. The molecule has 0 unspecified atom stereocenters. The van der Waals surface area contributed by atoms with Gasteiger partial charge in [-0.1, -0.05) is 0 Å². The minimum Gasteiger partial charge on any atom is -0.477 e. The van der Waals surface area contributed by atoms with Crippen LogP contribution >= 0.6 is 0 Å². The van der Waals surface area contributed by atoms with Crippen LogP contribution in [0.15, 0.2) is 12.4 Å². The first-order valence-corrected chi connectivity index (χ1v) is 9.02. The summed E-state index contributed by atoms with van der Waals surface area (Å²) in [5, 5.41) is 17.7. The van der Waals surface area contributed by atoms with Crippen LogP contribution in [0.1, 0.15) is 30.6 Å². The van der Waals surface area contributed by atoms with Gasteiger partial charge in [-0.25, -0.2) is 0 Å². The summed E-state index contributed by atoms with van der Waals surface area (Å²) in [6.07, 6.45) is 4.51. The number of rotatable bonds is 5. The standard InChI is InChI=1S/C18H22N8O/c1-4-27-17-15-12(7-19)8-20-16(15)23-18(24-17)22-14-9-21-26(11(14)2)13-5-6-25(3)10-13/h8-9,13H,4-6,10H2,1-3H3,(H2,20,22,23,24)/t13-/m1/s1. The van der Waals surface area contributed by atoms with E-state index >= 15 is 0 Å². The summed E-state index contributed by atoms with van der Waals surface area (Å²) in [6.45, 7) is 6.45. The summed E-state index contributed by atoms with van der Waals surface area (Å²) in [5.74, 6) is 0.800. The molecule has 0 spiro atoms. The number of likely N-dealkylation sites (tertiary alicyclic amines) is 1. The fourth-order valence-corrected chi connectivity index (χ4v) is 3.53. The largest absolute Gasteiger partial charge is 0.477 e. The molecule has 9 heteroatoms. The second-order valence-electron chi connectivity index (χ2n) is 6.74. The van der Waals surface area contributed by atoms with Gasteiger partial charge in [0.05, 0.1) is 41.2 Å². The highest BCUT2D eigenvalue weighted by molar-refractivity contribution is 5.88. The maximum atomic E-state index is 9.27. The minimum atomic E-state index is 0.384. The van der Waals surface area contributed by atoms with Crippen molar-refractivity contribution >= 4 is 22.7 Å². The third-order valence-electron chi connectivity index (χ3n) is 4.90. The first-order valence-electron chi connectivity index (χ1n) is 9.02. The van der Waals surface area contributed by atoms with E-state index in [9.17, 15) is 5.26 Å². The maximum Gasteiger partial charge on any atom is 0.232 e. The molecule has 1 fully saturated rings. The molecule has 0 bridgehead atoms. The van der Waals surface area contributed by atoms with Gasteiger partial charge in [0.2, 0.25) is 11.8 Å². The molecule has 1 atom stereocenters. The fourth-order valence-electron chi connectivity index (χ4n) is 3.53. The average molecular weight is 366 g/mol. The summed E-state index contributed by atoms with van der Waals surface area (Å²) >= 11 is 0. The van der Waals surface area contributed by atoms with Crippen LogP contribution in [0.4, 0.5) is 11.6 Å². The van der Waals surface area contributed by atoms with E-state index in [1.54, 1.807) is 12.4 Å². The number of nitriles is 1. The number of H-pyrrole nitrogens is 1. The van der Waals surface area contributed by atoms with Crippen LogP contribution in [-0.2, 0) is 0 Å². The van der Waals surface area contributed by atoms with E-state index in [4.69, 9.17) is 4.74 Å². The second-order valence-corrected chi connectivity index (χ2v) is 6.74. The summed E-state index contributed by atoms with van der Waals surface area (Å²) in [5.41, 5.74) is 2.93. The lowest BCUT2D eigenvalue weighted by atomic mass is 10.2. The molecule has 0 radical (unpaired) electrons. The Hall–Kier alpha value is -3.12. The van der Waals surface area contributed by atoms with E-state index in [1.165, 1.54) is 0 Å². The molecule has 3 aromatic rings. The quantitative estimate of drug-likeness (QED) is 0.713. The summed E-state index contributed by atoms with van der Waals surface area (Å²) in [4.78, 5) is 14.3. The summed E-state index contributed by atoms with van der Waals surface area (Å²) in [7, 11) is 2.13. The lowest BCUT2D eigenvalue weighted by molar-refractivity contribution is 0.331. The number of aromatic nitrogens is 5. The molecule has 1 aliphatic rings. The highest BCUT2D eigenvalue weighted by Crippen LogP contribution is 2.30. The van der Waals surface area contributed by atoms with Crippen molar-refractivity contribution in [2.24, 2.45) is 0 Å². The molecule has 140 valence electrons. The smallest absolute Gasteiger partial charge is 0.232 e. The Morgan fingerprint density at radius 2 is 2.30 bits per heavy atom. The number of aromatic amines is 1. The third-order valence-corrected chi connectivity index (χ3v) is 4.90. The molecule has 1 aliphatic heterocycles. The monoisotopic (exact) mass is 366 g/mol. The van der Waals surface area contributed by atoms with E-state index in [2.05, 4.69) is 48.1 Å². The SMILES string of the molecule is CCOc1nc(Nc2cnn([C@@H]3CCN(C)C3)c2C)nc2[nH]cc(C#N)c12. The molecule has 4 heterocycles. The molecule has 0 amide bonds. The Kier molecular flexibility index (Phi) is 4.41. The molecule has 1 saturated heterocycles. The zero-order valence-electron chi connectivity index (χ0n) is 15.7. The number of anilines is 2. The predicted octanol–water partition coefficient (Wildman–Crippen LogP) is 2.35.